The van der Waals surface area contributed by atoms with Gasteiger partial charge in [-0.15, -0.1) is 0 Å². The van der Waals surface area contributed by atoms with Crippen LogP contribution in [0.1, 0.15) is 18.9 Å². The normalized spacial score (nSPS) is 16.7. The molecule has 0 aliphatic carbocycles. The predicted molar refractivity (Wildman–Crippen MR) is 68.4 cm³/mol. The lowest BCUT2D eigenvalue weighted by Gasteiger charge is -2.22. The molecular formula is C14H15FN2O2. The standard InChI is InChI=1S/C14H15FN2O2/c15-14-12(2-1-3-13(14)18)10-8-16-17(9-10)11-4-6-19-7-5-11/h1-3,8-9,11,18H,4-7H2. The Morgan fingerprint density at radius 3 is 2.89 bits per heavy atom. The van der Waals surface area contributed by atoms with Gasteiger partial charge in [0.25, 0.3) is 0 Å². The number of hydrogen-bond acceptors (Lipinski definition) is 3. The molecule has 0 radical (unpaired) electrons. The van der Waals surface area contributed by atoms with Crippen LogP contribution in [-0.4, -0.2) is 28.1 Å². The average Bonchev–Trinajstić information content (AvgIpc) is 2.92. The van der Waals surface area contributed by atoms with Crippen molar-refractivity contribution in [2.75, 3.05) is 13.2 Å². The van der Waals surface area contributed by atoms with Gasteiger partial charge in [0.15, 0.2) is 11.6 Å². The first-order valence-electron chi connectivity index (χ1n) is 6.35. The Balaban J connectivity index is 1.90. The van der Waals surface area contributed by atoms with Crippen LogP contribution in [-0.2, 0) is 4.74 Å². The minimum Gasteiger partial charge on any atom is -0.505 e. The van der Waals surface area contributed by atoms with Crippen molar-refractivity contribution < 1.29 is 14.2 Å². The maximum absolute atomic E-state index is 13.8. The molecular weight excluding hydrogens is 247 g/mol. The zero-order valence-electron chi connectivity index (χ0n) is 10.4. The highest BCUT2D eigenvalue weighted by Crippen LogP contribution is 2.29. The van der Waals surface area contributed by atoms with Crippen molar-refractivity contribution >= 4 is 0 Å². The highest BCUT2D eigenvalue weighted by atomic mass is 19.1. The molecule has 0 spiro atoms. The summed E-state index contributed by atoms with van der Waals surface area (Å²) >= 11 is 0. The van der Waals surface area contributed by atoms with Gasteiger partial charge < -0.3 is 9.84 Å². The van der Waals surface area contributed by atoms with E-state index in [4.69, 9.17) is 4.74 Å². The number of benzene rings is 1. The fourth-order valence-corrected chi connectivity index (χ4v) is 2.37. The van der Waals surface area contributed by atoms with Crippen LogP contribution < -0.4 is 0 Å². The number of phenols is 1. The van der Waals surface area contributed by atoms with Gasteiger partial charge in [0.1, 0.15) is 0 Å². The second kappa shape index (κ2) is 5.01. The molecule has 1 saturated heterocycles. The van der Waals surface area contributed by atoms with Crippen molar-refractivity contribution in [1.82, 2.24) is 9.78 Å². The Kier molecular flexibility index (Phi) is 3.21. The monoisotopic (exact) mass is 262 g/mol. The first-order chi connectivity index (χ1) is 9.25. The van der Waals surface area contributed by atoms with Crippen molar-refractivity contribution in [3.05, 3.63) is 36.4 Å². The number of phenolic OH excluding ortho intramolecular Hbond substituents is 1. The van der Waals surface area contributed by atoms with Gasteiger partial charge in [-0.25, -0.2) is 4.39 Å². The molecule has 3 rings (SSSR count). The summed E-state index contributed by atoms with van der Waals surface area (Å²) in [6.45, 7) is 1.47. The van der Waals surface area contributed by atoms with E-state index in [1.807, 2.05) is 10.9 Å². The smallest absolute Gasteiger partial charge is 0.172 e. The van der Waals surface area contributed by atoms with Crippen LogP contribution in [0.3, 0.4) is 0 Å². The van der Waals surface area contributed by atoms with Crippen molar-refractivity contribution in [2.24, 2.45) is 0 Å². The topological polar surface area (TPSA) is 47.3 Å². The SMILES string of the molecule is Oc1cccc(-c2cnn(C3CCOCC3)c2)c1F. The Labute approximate surface area is 110 Å². The van der Waals surface area contributed by atoms with Crippen LogP contribution in [0.5, 0.6) is 5.75 Å². The van der Waals surface area contributed by atoms with Crippen molar-refractivity contribution in [3.63, 3.8) is 0 Å². The van der Waals surface area contributed by atoms with E-state index in [0.29, 0.717) is 17.2 Å². The van der Waals surface area contributed by atoms with E-state index in [2.05, 4.69) is 5.10 Å². The summed E-state index contributed by atoms with van der Waals surface area (Å²) < 4.78 is 21.0. The Hall–Kier alpha value is -1.88. The first-order valence-corrected chi connectivity index (χ1v) is 6.35. The van der Waals surface area contributed by atoms with E-state index in [9.17, 15) is 9.50 Å². The number of nitrogens with zero attached hydrogens (tertiary/aromatic N) is 2. The Morgan fingerprint density at radius 2 is 2.11 bits per heavy atom. The molecule has 4 nitrogen and oxygen atoms in total. The Morgan fingerprint density at radius 1 is 1.32 bits per heavy atom. The van der Waals surface area contributed by atoms with E-state index in [1.165, 1.54) is 6.07 Å². The lowest BCUT2D eigenvalue weighted by Crippen LogP contribution is -2.19. The molecule has 0 atom stereocenters. The summed E-state index contributed by atoms with van der Waals surface area (Å²) in [5, 5.41) is 13.7. The zero-order valence-corrected chi connectivity index (χ0v) is 10.4. The number of aromatic hydroxyl groups is 1. The molecule has 1 aromatic carbocycles. The molecule has 0 unspecified atom stereocenters. The van der Waals surface area contributed by atoms with Crippen LogP contribution in [0.25, 0.3) is 11.1 Å². The molecule has 19 heavy (non-hydrogen) atoms. The number of ether oxygens (including phenoxy) is 1. The summed E-state index contributed by atoms with van der Waals surface area (Å²) in [6.07, 6.45) is 5.30. The fourth-order valence-electron chi connectivity index (χ4n) is 2.37. The van der Waals surface area contributed by atoms with Gasteiger partial charge in [0.05, 0.1) is 12.2 Å². The highest BCUT2D eigenvalue weighted by molar-refractivity contribution is 5.64. The van der Waals surface area contributed by atoms with Gasteiger partial charge in [0, 0.05) is 30.5 Å². The molecule has 0 amide bonds. The molecule has 1 fully saturated rings. The second-order valence-electron chi connectivity index (χ2n) is 4.69. The van der Waals surface area contributed by atoms with Crippen LogP contribution in [0.4, 0.5) is 4.39 Å². The van der Waals surface area contributed by atoms with E-state index in [1.54, 1.807) is 18.3 Å². The van der Waals surface area contributed by atoms with Crippen molar-refractivity contribution in [3.8, 4) is 16.9 Å². The van der Waals surface area contributed by atoms with Crippen molar-refractivity contribution in [1.29, 1.82) is 0 Å². The Bertz CT molecular complexity index is 577. The molecule has 2 aromatic rings. The lowest BCUT2D eigenvalue weighted by molar-refractivity contribution is 0.0662. The minimum absolute atomic E-state index is 0.308. The van der Waals surface area contributed by atoms with Crippen LogP contribution >= 0.6 is 0 Å². The quantitative estimate of drug-likeness (QED) is 0.905. The number of hydrogen-bond donors (Lipinski definition) is 1. The number of halogens is 1. The van der Waals surface area contributed by atoms with Crippen LogP contribution in [0.15, 0.2) is 30.6 Å². The molecule has 1 aromatic heterocycles. The van der Waals surface area contributed by atoms with Crippen molar-refractivity contribution in [2.45, 2.75) is 18.9 Å². The summed E-state index contributed by atoms with van der Waals surface area (Å²) in [5.74, 6) is -0.939. The van der Waals surface area contributed by atoms with Gasteiger partial charge in [-0.3, -0.25) is 4.68 Å². The minimum atomic E-state index is -0.603. The average molecular weight is 262 g/mol. The molecule has 0 saturated carbocycles. The van der Waals surface area contributed by atoms with E-state index >= 15 is 0 Å². The first kappa shape index (κ1) is 12.2. The predicted octanol–water partition coefficient (Wildman–Crippen LogP) is 2.75. The van der Waals surface area contributed by atoms with E-state index in [0.717, 1.165) is 26.1 Å². The van der Waals surface area contributed by atoms with E-state index < -0.39 is 5.82 Å². The molecule has 5 heteroatoms. The molecule has 100 valence electrons. The summed E-state index contributed by atoms with van der Waals surface area (Å²) in [7, 11) is 0. The molecule has 1 N–H and O–H groups in total. The summed E-state index contributed by atoms with van der Waals surface area (Å²) in [5.41, 5.74) is 1.05. The number of rotatable bonds is 2. The third-order valence-corrected chi connectivity index (χ3v) is 3.46. The third-order valence-electron chi connectivity index (χ3n) is 3.46. The zero-order chi connectivity index (χ0) is 13.2. The second-order valence-corrected chi connectivity index (χ2v) is 4.69. The van der Waals surface area contributed by atoms with E-state index in [-0.39, 0.29) is 5.75 Å². The molecule has 2 heterocycles. The fraction of sp³-hybridized carbons (Fsp3) is 0.357. The third kappa shape index (κ3) is 2.33. The lowest BCUT2D eigenvalue weighted by atomic mass is 10.1. The number of aromatic nitrogens is 2. The maximum Gasteiger partial charge on any atom is 0.172 e. The molecule has 1 aliphatic rings. The molecule has 1 aliphatic heterocycles. The van der Waals surface area contributed by atoms with Gasteiger partial charge in [-0.1, -0.05) is 12.1 Å². The van der Waals surface area contributed by atoms with Gasteiger partial charge in [-0.05, 0) is 18.9 Å². The van der Waals surface area contributed by atoms with Crippen LogP contribution in [0.2, 0.25) is 0 Å². The van der Waals surface area contributed by atoms with Crippen LogP contribution in [0, 0.1) is 5.82 Å². The largest absolute Gasteiger partial charge is 0.505 e. The summed E-state index contributed by atoms with van der Waals surface area (Å²) in [4.78, 5) is 0. The van der Waals surface area contributed by atoms with Gasteiger partial charge in [0.2, 0.25) is 0 Å². The maximum atomic E-state index is 13.8. The summed E-state index contributed by atoms with van der Waals surface area (Å²) in [6, 6.07) is 4.91. The van der Waals surface area contributed by atoms with Gasteiger partial charge >= 0.3 is 0 Å². The molecule has 0 bridgehead atoms. The highest BCUT2D eigenvalue weighted by Gasteiger charge is 2.18. The van der Waals surface area contributed by atoms with Gasteiger partial charge in [-0.2, -0.15) is 5.10 Å².